The average Bonchev–Trinajstić information content (AvgIpc) is 2.86. The van der Waals surface area contributed by atoms with E-state index in [9.17, 15) is 4.79 Å². The highest BCUT2D eigenvalue weighted by atomic mass is 16.1. The van der Waals surface area contributed by atoms with Crippen LogP contribution in [0.3, 0.4) is 0 Å². The van der Waals surface area contributed by atoms with Crippen LogP contribution in [0.1, 0.15) is 37.3 Å². The van der Waals surface area contributed by atoms with Crippen molar-refractivity contribution < 1.29 is 4.79 Å². The average molecular weight is 258 g/mol. The number of fused-ring (bicyclic) bond motifs is 1. The molecule has 1 fully saturated rings. The summed E-state index contributed by atoms with van der Waals surface area (Å²) in [5, 5.41) is 6.48. The molecule has 1 aliphatic heterocycles. The lowest BCUT2D eigenvalue weighted by Crippen LogP contribution is -2.40. The summed E-state index contributed by atoms with van der Waals surface area (Å²) < 4.78 is 0. The van der Waals surface area contributed by atoms with E-state index >= 15 is 0 Å². The van der Waals surface area contributed by atoms with E-state index < -0.39 is 0 Å². The standard InChI is InChI=1S/C16H22N2O/c1-11-9-14(7-8-17-11)16(19)18-15-6-5-12-3-2-4-13(12)10-15/h5-6,10-11,14,17H,2-4,7-9H2,1H3,(H,18,19)/t11-,14-/m0/s1. The van der Waals surface area contributed by atoms with Gasteiger partial charge in [0.05, 0.1) is 0 Å². The molecular weight excluding hydrogens is 236 g/mol. The first-order valence-corrected chi connectivity index (χ1v) is 7.38. The summed E-state index contributed by atoms with van der Waals surface area (Å²) >= 11 is 0. The molecule has 3 heteroatoms. The van der Waals surface area contributed by atoms with Crippen molar-refractivity contribution in [1.82, 2.24) is 5.32 Å². The van der Waals surface area contributed by atoms with Gasteiger partial charge in [0.1, 0.15) is 0 Å². The van der Waals surface area contributed by atoms with Crippen molar-refractivity contribution in [2.24, 2.45) is 5.92 Å². The number of hydrogen-bond acceptors (Lipinski definition) is 2. The Morgan fingerprint density at radius 2 is 2.16 bits per heavy atom. The van der Waals surface area contributed by atoms with Crippen molar-refractivity contribution in [2.75, 3.05) is 11.9 Å². The van der Waals surface area contributed by atoms with Crippen molar-refractivity contribution >= 4 is 11.6 Å². The molecule has 3 rings (SSSR count). The Morgan fingerprint density at radius 3 is 3.00 bits per heavy atom. The maximum absolute atomic E-state index is 12.3. The molecule has 0 aromatic heterocycles. The van der Waals surface area contributed by atoms with Crippen LogP contribution in [0.4, 0.5) is 5.69 Å². The molecule has 2 N–H and O–H groups in total. The summed E-state index contributed by atoms with van der Waals surface area (Å²) in [6, 6.07) is 6.82. The fraction of sp³-hybridized carbons (Fsp3) is 0.562. The SMILES string of the molecule is C[C@H]1C[C@@H](C(=O)Nc2ccc3c(c2)CCC3)CCN1. The minimum atomic E-state index is 0.157. The van der Waals surface area contributed by atoms with Crippen LogP contribution in [0.25, 0.3) is 0 Å². The normalized spacial score (nSPS) is 25.9. The largest absolute Gasteiger partial charge is 0.326 e. The highest BCUT2D eigenvalue weighted by Gasteiger charge is 2.24. The molecule has 3 nitrogen and oxygen atoms in total. The molecule has 1 amide bonds. The number of amides is 1. The van der Waals surface area contributed by atoms with Crippen LogP contribution in [-0.4, -0.2) is 18.5 Å². The molecule has 1 aliphatic carbocycles. The molecule has 1 saturated heterocycles. The van der Waals surface area contributed by atoms with Crippen molar-refractivity contribution in [2.45, 2.75) is 45.1 Å². The zero-order valence-corrected chi connectivity index (χ0v) is 11.5. The molecule has 0 saturated carbocycles. The van der Waals surface area contributed by atoms with Crippen molar-refractivity contribution in [3.05, 3.63) is 29.3 Å². The zero-order valence-electron chi connectivity index (χ0n) is 11.5. The molecule has 0 spiro atoms. The number of rotatable bonds is 2. The minimum absolute atomic E-state index is 0.157. The summed E-state index contributed by atoms with van der Waals surface area (Å²) in [7, 11) is 0. The highest BCUT2D eigenvalue weighted by Crippen LogP contribution is 2.26. The Morgan fingerprint density at radius 1 is 1.32 bits per heavy atom. The molecular formula is C16H22N2O. The number of hydrogen-bond donors (Lipinski definition) is 2. The van der Waals surface area contributed by atoms with Gasteiger partial charge in [0.15, 0.2) is 0 Å². The first kappa shape index (κ1) is 12.7. The van der Waals surface area contributed by atoms with Gasteiger partial charge in [-0.25, -0.2) is 0 Å². The molecule has 0 radical (unpaired) electrons. The summed E-state index contributed by atoms with van der Waals surface area (Å²) in [6.45, 7) is 3.10. The number of piperidine rings is 1. The smallest absolute Gasteiger partial charge is 0.227 e. The fourth-order valence-corrected chi connectivity index (χ4v) is 3.26. The Labute approximate surface area is 114 Å². The third kappa shape index (κ3) is 2.81. The van der Waals surface area contributed by atoms with Crippen LogP contribution >= 0.6 is 0 Å². The summed E-state index contributed by atoms with van der Waals surface area (Å²) in [5.41, 5.74) is 3.84. The van der Waals surface area contributed by atoms with Gasteiger partial charge < -0.3 is 10.6 Å². The summed E-state index contributed by atoms with van der Waals surface area (Å²) in [6.07, 6.45) is 5.48. The maximum Gasteiger partial charge on any atom is 0.227 e. The molecule has 102 valence electrons. The monoisotopic (exact) mass is 258 g/mol. The Bertz CT molecular complexity index is 484. The zero-order chi connectivity index (χ0) is 13.2. The lowest BCUT2D eigenvalue weighted by molar-refractivity contribution is -0.120. The number of aryl methyl sites for hydroxylation is 2. The van der Waals surface area contributed by atoms with E-state index in [0.717, 1.165) is 31.5 Å². The third-order valence-corrected chi connectivity index (χ3v) is 4.36. The minimum Gasteiger partial charge on any atom is -0.326 e. The van der Waals surface area contributed by atoms with Gasteiger partial charge in [-0.2, -0.15) is 0 Å². The van der Waals surface area contributed by atoms with E-state index in [1.54, 1.807) is 0 Å². The van der Waals surface area contributed by atoms with Crippen molar-refractivity contribution in [1.29, 1.82) is 0 Å². The molecule has 1 heterocycles. The van der Waals surface area contributed by atoms with Crippen molar-refractivity contribution in [3.63, 3.8) is 0 Å². The van der Waals surface area contributed by atoms with Crippen molar-refractivity contribution in [3.8, 4) is 0 Å². The van der Waals surface area contributed by atoms with Gasteiger partial charge in [-0.3, -0.25) is 4.79 Å². The molecule has 1 aromatic rings. The van der Waals surface area contributed by atoms with Crippen LogP contribution in [-0.2, 0) is 17.6 Å². The molecule has 19 heavy (non-hydrogen) atoms. The predicted molar refractivity (Wildman–Crippen MR) is 77.3 cm³/mol. The van der Waals surface area contributed by atoms with Crippen LogP contribution in [0.5, 0.6) is 0 Å². The summed E-state index contributed by atoms with van der Waals surface area (Å²) in [4.78, 5) is 12.3. The number of carbonyl (C=O) groups is 1. The fourth-order valence-electron chi connectivity index (χ4n) is 3.26. The molecule has 2 aliphatic rings. The predicted octanol–water partition coefficient (Wildman–Crippen LogP) is 2.50. The number of nitrogens with one attached hydrogen (secondary N) is 2. The Balaban J connectivity index is 1.66. The van der Waals surface area contributed by atoms with Crippen LogP contribution in [0.2, 0.25) is 0 Å². The number of carbonyl (C=O) groups excluding carboxylic acids is 1. The van der Waals surface area contributed by atoms with E-state index in [1.807, 2.05) is 6.07 Å². The molecule has 1 aromatic carbocycles. The molecule has 0 bridgehead atoms. The lowest BCUT2D eigenvalue weighted by Gasteiger charge is -2.27. The second kappa shape index (κ2) is 5.33. The first-order chi connectivity index (χ1) is 9.22. The number of anilines is 1. The first-order valence-electron chi connectivity index (χ1n) is 7.38. The van der Waals surface area contributed by atoms with Gasteiger partial charge in [0.25, 0.3) is 0 Å². The van der Waals surface area contributed by atoms with E-state index in [-0.39, 0.29) is 11.8 Å². The topological polar surface area (TPSA) is 41.1 Å². The molecule has 2 atom stereocenters. The highest BCUT2D eigenvalue weighted by molar-refractivity contribution is 5.92. The van der Waals surface area contributed by atoms with E-state index in [2.05, 4.69) is 29.7 Å². The van der Waals surface area contributed by atoms with Crippen LogP contribution < -0.4 is 10.6 Å². The van der Waals surface area contributed by atoms with E-state index in [0.29, 0.717) is 6.04 Å². The van der Waals surface area contributed by atoms with Crippen LogP contribution in [0.15, 0.2) is 18.2 Å². The third-order valence-electron chi connectivity index (χ3n) is 4.36. The Kier molecular flexibility index (Phi) is 3.56. The van der Waals surface area contributed by atoms with E-state index in [4.69, 9.17) is 0 Å². The van der Waals surface area contributed by atoms with Gasteiger partial charge in [-0.15, -0.1) is 0 Å². The van der Waals surface area contributed by atoms with E-state index in [1.165, 1.54) is 24.0 Å². The molecule has 0 unspecified atom stereocenters. The summed E-state index contributed by atoms with van der Waals surface area (Å²) in [5.74, 6) is 0.343. The van der Waals surface area contributed by atoms with Crippen LogP contribution in [0, 0.1) is 5.92 Å². The Hall–Kier alpha value is -1.35. The second-order valence-electron chi connectivity index (χ2n) is 5.90. The second-order valence-corrected chi connectivity index (χ2v) is 5.90. The lowest BCUT2D eigenvalue weighted by atomic mass is 9.92. The van der Waals surface area contributed by atoms with Gasteiger partial charge in [-0.05, 0) is 68.8 Å². The van der Waals surface area contributed by atoms with Gasteiger partial charge in [-0.1, -0.05) is 6.07 Å². The quantitative estimate of drug-likeness (QED) is 0.855. The maximum atomic E-state index is 12.3. The van der Waals surface area contributed by atoms with Gasteiger partial charge in [0.2, 0.25) is 5.91 Å². The van der Waals surface area contributed by atoms with Gasteiger partial charge in [0, 0.05) is 17.6 Å². The van der Waals surface area contributed by atoms with Gasteiger partial charge >= 0.3 is 0 Å². The number of benzene rings is 1.